The minimum atomic E-state index is -3.97. The molecule has 0 aliphatic rings. The van der Waals surface area contributed by atoms with Crippen molar-refractivity contribution in [2.24, 2.45) is 10.2 Å². The van der Waals surface area contributed by atoms with Crippen LogP contribution in [0.3, 0.4) is 0 Å². The number of hydrazone groups is 2. The molecule has 12 nitrogen and oxygen atoms in total. The summed E-state index contributed by atoms with van der Waals surface area (Å²) in [6.07, 6.45) is 1.43. The van der Waals surface area contributed by atoms with Gasteiger partial charge in [-0.1, -0.05) is 108 Å². The summed E-state index contributed by atoms with van der Waals surface area (Å²) in [4.78, 5) is 0.274. The van der Waals surface area contributed by atoms with Crippen molar-refractivity contribution in [3.05, 3.63) is 181 Å². The normalized spacial score (nSPS) is 13.2. The molecule has 0 radical (unpaired) electrons. The fraction of sp³-hybridized carbons (Fsp3) is 0.240. The Morgan fingerprint density at radius 1 is 0.453 bits per heavy atom. The van der Waals surface area contributed by atoms with Crippen molar-refractivity contribution in [2.75, 3.05) is 36.2 Å². The van der Waals surface area contributed by atoms with Crippen LogP contribution in [0.4, 0.5) is 22.7 Å². The van der Waals surface area contributed by atoms with Gasteiger partial charge in [0.15, 0.2) is 0 Å². The van der Waals surface area contributed by atoms with Gasteiger partial charge in [-0.15, -0.1) is 0 Å². The van der Waals surface area contributed by atoms with Crippen LogP contribution in [0.25, 0.3) is 0 Å². The first-order valence-corrected chi connectivity index (χ1v) is 24.2. The maximum absolute atomic E-state index is 14.0. The molecule has 6 aromatic carbocycles. The molecule has 0 fully saturated rings. The third-order valence-electron chi connectivity index (χ3n) is 10.5. The Bertz CT molecular complexity index is 2340. The Morgan fingerprint density at radius 3 is 1.02 bits per heavy atom. The maximum Gasteiger partial charge on any atom is 0.243 e. The van der Waals surface area contributed by atoms with Gasteiger partial charge in [-0.3, -0.25) is 0 Å². The zero-order chi connectivity index (χ0) is 45.4. The molecule has 0 bridgehead atoms. The van der Waals surface area contributed by atoms with E-state index in [1.807, 2.05) is 135 Å². The number of rotatable bonds is 23. The van der Waals surface area contributed by atoms with E-state index in [-0.39, 0.29) is 61.7 Å². The fourth-order valence-corrected chi connectivity index (χ4v) is 9.76. The molecule has 64 heavy (non-hydrogen) atoms. The van der Waals surface area contributed by atoms with Crippen molar-refractivity contribution in [3.63, 3.8) is 0 Å². The van der Waals surface area contributed by atoms with E-state index in [1.165, 1.54) is 8.61 Å². The summed E-state index contributed by atoms with van der Waals surface area (Å²) in [7, 11) is -7.94. The van der Waals surface area contributed by atoms with E-state index < -0.39 is 32.3 Å². The van der Waals surface area contributed by atoms with Crippen molar-refractivity contribution >= 4 is 55.2 Å². The third-order valence-corrected chi connectivity index (χ3v) is 14.3. The van der Waals surface area contributed by atoms with Crippen LogP contribution in [0.15, 0.2) is 190 Å². The molecule has 2 atom stereocenters. The van der Waals surface area contributed by atoms with Crippen LogP contribution >= 0.6 is 0 Å². The van der Waals surface area contributed by atoms with Gasteiger partial charge in [0.2, 0.25) is 20.0 Å². The van der Waals surface area contributed by atoms with Crippen molar-refractivity contribution in [3.8, 4) is 0 Å². The predicted octanol–water partition coefficient (Wildman–Crippen LogP) is 8.92. The topological polar surface area (TPSA) is 146 Å². The number of aliphatic hydroxyl groups is 2. The second-order valence-electron chi connectivity index (χ2n) is 15.3. The highest BCUT2D eigenvalue weighted by Gasteiger charge is 2.27. The van der Waals surface area contributed by atoms with Gasteiger partial charge in [0, 0.05) is 25.5 Å². The molecule has 0 aromatic heterocycles. The zero-order valence-electron chi connectivity index (χ0n) is 36.2. The molecule has 0 aliphatic carbocycles. The lowest BCUT2D eigenvalue weighted by Crippen LogP contribution is -2.36. The van der Waals surface area contributed by atoms with Crippen LogP contribution in [0.2, 0.25) is 0 Å². The average Bonchev–Trinajstić information content (AvgIpc) is 3.31. The Hall–Kier alpha value is -6.00. The highest BCUT2D eigenvalue weighted by atomic mass is 32.2. The Kier molecular flexibility index (Phi) is 17.1. The molecular weight excluding hydrogens is 845 g/mol. The van der Waals surface area contributed by atoms with E-state index in [1.54, 1.807) is 71.0 Å². The van der Waals surface area contributed by atoms with Crippen LogP contribution in [-0.4, -0.2) is 86.5 Å². The summed E-state index contributed by atoms with van der Waals surface area (Å²) in [5.41, 5.74) is 5.06. The second kappa shape index (κ2) is 23.1. The van der Waals surface area contributed by atoms with Crippen LogP contribution < -0.4 is 10.0 Å². The van der Waals surface area contributed by atoms with Gasteiger partial charge in [-0.25, -0.2) is 26.9 Å². The molecular formula is C50H56N6O6S2. The quantitative estimate of drug-likeness (QED) is 0.0479. The summed E-state index contributed by atoms with van der Waals surface area (Å²) in [6, 6.07) is 51.5. The predicted molar refractivity (Wildman–Crippen MR) is 257 cm³/mol. The molecule has 0 saturated carbocycles. The Morgan fingerprint density at radius 2 is 0.734 bits per heavy atom. The van der Waals surface area contributed by atoms with Gasteiger partial charge in [0.05, 0.1) is 57.8 Å². The zero-order valence-corrected chi connectivity index (χ0v) is 37.8. The number of para-hydroxylation sites is 4. The average molecular weight is 901 g/mol. The molecule has 14 heteroatoms. The van der Waals surface area contributed by atoms with Crippen LogP contribution in [0, 0.1) is 13.8 Å². The Balaban J connectivity index is 1.11. The van der Waals surface area contributed by atoms with E-state index >= 15 is 0 Å². The van der Waals surface area contributed by atoms with Gasteiger partial charge < -0.3 is 10.2 Å². The van der Waals surface area contributed by atoms with Crippen molar-refractivity contribution in [2.45, 2.75) is 61.5 Å². The molecule has 0 heterocycles. The smallest absolute Gasteiger partial charge is 0.243 e. The van der Waals surface area contributed by atoms with Gasteiger partial charge in [-0.05, 0) is 112 Å². The summed E-state index contributed by atoms with van der Waals surface area (Å²) in [5, 5.41) is 35.1. The minimum absolute atomic E-state index is 0.0475. The number of nitrogens with zero attached hydrogens (tertiary/aromatic N) is 6. The molecule has 2 N–H and O–H groups in total. The summed E-state index contributed by atoms with van der Waals surface area (Å²) in [5.74, 6) is 0. The van der Waals surface area contributed by atoms with Crippen molar-refractivity contribution in [1.29, 1.82) is 0 Å². The number of benzene rings is 6. The van der Waals surface area contributed by atoms with Crippen LogP contribution in [0.1, 0.15) is 36.8 Å². The molecule has 2 unspecified atom stereocenters. The molecule has 0 amide bonds. The molecule has 6 aromatic rings. The summed E-state index contributed by atoms with van der Waals surface area (Å²) < 4.78 is 58.7. The Labute approximate surface area is 378 Å². The maximum atomic E-state index is 14.0. The SMILES string of the molecule is Cc1ccc(S(=O)(=O)N(C/C=N/N(c2ccccc2)c2ccccc2)CCCC(O)C(O)CCCN(C/C=N/N(c2ccccc2)c2ccccc2)S(=O)(=O)c2ccc(C)cc2)cc1. The lowest BCUT2D eigenvalue weighted by molar-refractivity contribution is 0.00687. The van der Waals surface area contributed by atoms with Gasteiger partial charge in [0.25, 0.3) is 0 Å². The highest BCUT2D eigenvalue weighted by molar-refractivity contribution is 7.89. The van der Waals surface area contributed by atoms with E-state index in [9.17, 15) is 27.0 Å². The number of aryl methyl sites for hydroxylation is 2. The first-order valence-electron chi connectivity index (χ1n) is 21.3. The van der Waals surface area contributed by atoms with Crippen molar-refractivity contribution < 1.29 is 27.0 Å². The molecule has 0 spiro atoms. The number of hydrogen-bond acceptors (Lipinski definition) is 10. The van der Waals surface area contributed by atoms with Crippen LogP contribution in [-0.2, 0) is 20.0 Å². The molecule has 0 aliphatic heterocycles. The first kappa shape index (κ1) is 47.5. The summed E-state index contributed by atoms with van der Waals surface area (Å²) in [6.45, 7) is 3.77. The first-order chi connectivity index (χ1) is 30.9. The monoisotopic (exact) mass is 900 g/mol. The van der Waals surface area contributed by atoms with Gasteiger partial charge >= 0.3 is 0 Å². The van der Waals surface area contributed by atoms with E-state index in [4.69, 9.17) is 10.2 Å². The molecule has 334 valence electrons. The lowest BCUT2D eigenvalue weighted by atomic mass is 10.0. The lowest BCUT2D eigenvalue weighted by Gasteiger charge is -2.24. The highest BCUT2D eigenvalue weighted by Crippen LogP contribution is 2.27. The van der Waals surface area contributed by atoms with Crippen molar-refractivity contribution in [1.82, 2.24) is 8.61 Å². The number of hydrogen-bond donors (Lipinski definition) is 2. The molecule has 0 saturated heterocycles. The molecule has 6 rings (SSSR count). The second-order valence-corrected chi connectivity index (χ2v) is 19.2. The fourth-order valence-electron chi connectivity index (χ4n) is 6.94. The third kappa shape index (κ3) is 13.0. The standard InChI is InChI=1S/C50H56N6O6S2/c1-41-27-31-47(32-28-41)63(59,60)53(39-35-51-55(43-17-7-3-8-18-43)44-19-9-4-10-20-44)37-15-25-49(57)50(58)26-16-38-54(64(61,62)48-33-29-42(2)30-34-48)40-36-52-56(45-21-11-5-12-22-45)46-23-13-6-14-24-46/h3-14,17-24,27-36,49-50,57-58H,15-16,25-26,37-40H2,1-2H3/b51-35+,52-36+. The minimum Gasteiger partial charge on any atom is -0.390 e. The summed E-state index contributed by atoms with van der Waals surface area (Å²) >= 11 is 0. The largest absolute Gasteiger partial charge is 0.390 e. The van der Waals surface area contributed by atoms with Gasteiger partial charge in [0.1, 0.15) is 0 Å². The van der Waals surface area contributed by atoms with Gasteiger partial charge in [-0.2, -0.15) is 18.8 Å². The number of sulfonamides is 2. The van der Waals surface area contributed by atoms with E-state index in [0.29, 0.717) is 0 Å². The van der Waals surface area contributed by atoms with E-state index in [0.717, 1.165) is 33.9 Å². The van der Waals surface area contributed by atoms with E-state index in [2.05, 4.69) is 0 Å². The van der Waals surface area contributed by atoms with Crippen LogP contribution in [0.5, 0.6) is 0 Å². The number of aliphatic hydroxyl groups excluding tert-OH is 2. The number of anilines is 4.